The summed E-state index contributed by atoms with van der Waals surface area (Å²) in [5.74, 6) is 0.574. The number of carbonyl (C=O) groups excluding carboxylic acids is 2. The largest absolute Gasteiger partial charge is 0.493 e. The second kappa shape index (κ2) is 6.13. The highest BCUT2D eigenvalue weighted by Crippen LogP contribution is 2.43. The van der Waals surface area contributed by atoms with Crippen molar-refractivity contribution in [2.24, 2.45) is 5.92 Å². The minimum Gasteiger partial charge on any atom is -0.493 e. The van der Waals surface area contributed by atoms with E-state index < -0.39 is 6.10 Å². The van der Waals surface area contributed by atoms with Gasteiger partial charge in [0.25, 0.3) is 5.91 Å². The summed E-state index contributed by atoms with van der Waals surface area (Å²) < 4.78 is 11.1. The van der Waals surface area contributed by atoms with E-state index in [0.717, 1.165) is 0 Å². The van der Waals surface area contributed by atoms with Crippen LogP contribution in [0.4, 0.5) is 5.69 Å². The molecule has 21 heavy (non-hydrogen) atoms. The molecule has 0 spiro atoms. The summed E-state index contributed by atoms with van der Waals surface area (Å²) in [4.78, 5) is 25.0. The molecule has 0 aliphatic carbocycles. The molecule has 1 heterocycles. The molecular weight excluding hydrogens is 274 g/mol. The quantitative estimate of drug-likeness (QED) is 0.827. The average molecular weight is 293 g/mol. The van der Waals surface area contributed by atoms with Crippen LogP contribution < -0.4 is 14.4 Å². The number of carbonyl (C=O) groups is 2. The zero-order valence-electron chi connectivity index (χ0n) is 12.3. The van der Waals surface area contributed by atoms with Crippen molar-refractivity contribution in [3.05, 3.63) is 17.7 Å². The second-order valence-corrected chi connectivity index (χ2v) is 5.19. The first kappa shape index (κ1) is 15.3. The number of amides is 1. The number of benzene rings is 1. The molecule has 0 aromatic heterocycles. The lowest BCUT2D eigenvalue weighted by atomic mass is 10.0. The van der Waals surface area contributed by atoms with Gasteiger partial charge < -0.3 is 19.5 Å². The van der Waals surface area contributed by atoms with Crippen LogP contribution in [0.25, 0.3) is 0 Å². The molecule has 0 bridgehead atoms. The molecule has 1 unspecified atom stereocenters. The molecule has 6 heteroatoms. The van der Waals surface area contributed by atoms with E-state index in [1.165, 1.54) is 12.0 Å². The maximum atomic E-state index is 12.5. The highest BCUT2D eigenvalue weighted by atomic mass is 16.5. The van der Waals surface area contributed by atoms with Crippen LogP contribution in [0.15, 0.2) is 12.1 Å². The van der Waals surface area contributed by atoms with Gasteiger partial charge in [0.15, 0.2) is 17.6 Å². The van der Waals surface area contributed by atoms with Gasteiger partial charge in [-0.25, -0.2) is 0 Å². The first-order valence-corrected chi connectivity index (χ1v) is 6.79. The highest BCUT2D eigenvalue weighted by molar-refractivity contribution is 6.01. The number of rotatable bonds is 5. The zero-order chi connectivity index (χ0) is 15.6. The van der Waals surface area contributed by atoms with E-state index in [1.54, 1.807) is 12.1 Å². The lowest BCUT2D eigenvalue weighted by molar-refractivity contribution is -0.128. The number of nitrogens with zero attached hydrogens (tertiary/aromatic N) is 1. The monoisotopic (exact) mass is 293 g/mol. The van der Waals surface area contributed by atoms with Crippen LogP contribution in [0.1, 0.15) is 24.2 Å². The number of aliphatic hydroxyl groups is 1. The summed E-state index contributed by atoms with van der Waals surface area (Å²) >= 11 is 0. The van der Waals surface area contributed by atoms with Crippen LogP contribution >= 0.6 is 0 Å². The number of anilines is 1. The summed E-state index contributed by atoms with van der Waals surface area (Å²) in [6.07, 6.45) is 0.0406. The smallest absolute Gasteiger partial charge is 0.268 e. The fourth-order valence-electron chi connectivity index (χ4n) is 2.35. The molecule has 2 rings (SSSR count). The van der Waals surface area contributed by atoms with E-state index >= 15 is 0 Å². The highest BCUT2D eigenvalue weighted by Gasteiger charge is 2.37. The van der Waals surface area contributed by atoms with Gasteiger partial charge in [-0.2, -0.15) is 0 Å². The molecule has 1 aromatic rings. The van der Waals surface area contributed by atoms with Gasteiger partial charge in [0.2, 0.25) is 0 Å². The van der Waals surface area contributed by atoms with Crippen molar-refractivity contribution in [3.8, 4) is 11.5 Å². The maximum Gasteiger partial charge on any atom is 0.268 e. The van der Waals surface area contributed by atoms with Gasteiger partial charge in [-0.3, -0.25) is 9.59 Å². The van der Waals surface area contributed by atoms with E-state index in [-0.39, 0.29) is 25.0 Å². The van der Waals surface area contributed by atoms with Crippen molar-refractivity contribution in [3.63, 3.8) is 0 Å². The van der Waals surface area contributed by atoms with E-state index in [2.05, 4.69) is 0 Å². The topological polar surface area (TPSA) is 76.1 Å². The number of aliphatic hydroxyl groups excluding tert-OH is 1. The van der Waals surface area contributed by atoms with Gasteiger partial charge >= 0.3 is 0 Å². The van der Waals surface area contributed by atoms with Crippen molar-refractivity contribution in [2.45, 2.75) is 20.0 Å². The van der Waals surface area contributed by atoms with E-state index in [4.69, 9.17) is 9.47 Å². The van der Waals surface area contributed by atoms with Crippen molar-refractivity contribution >= 4 is 17.9 Å². The molecule has 1 amide bonds. The summed E-state index contributed by atoms with van der Waals surface area (Å²) in [7, 11) is 1.48. The molecule has 1 aliphatic heterocycles. The fraction of sp³-hybridized carbons (Fsp3) is 0.467. The molecule has 1 aromatic carbocycles. The van der Waals surface area contributed by atoms with E-state index in [0.29, 0.717) is 29.0 Å². The summed E-state index contributed by atoms with van der Waals surface area (Å²) in [5.41, 5.74) is 0.834. The summed E-state index contributed by atoms with van der Waals surface area (Å²) in [5, 5.41) is 9.20. The normalized spacial score (nSPS) is 17.5. The molecule has 0 fully saturated rings. The van der Waals surface area contributed by atoms with Crippen molar-refractivity contribution in [2.75, 3.05) is 25.2 Å². The number of aldehydes is 1. The lowest BCUT2D eigenvalue weighted by Gasteiger charge is -2.36. The number of ether oxygens (including phenoxy) is 2. The number of β-amino-alcohol motifs (C(OH)–C–C–N with tert-alkyl or cyclic N) is 1. The first-order chi connectivity index (χ1) is 10.0. The Hall–Kier alpha value is -2.08. The zero-order valence-corrected chi connectivity index (χ0v) is 12.3. The van der Waals surface area contributed by atoms with Crippen LogP contribution in [0.3, 0.4) is 0 Å². The number of fused-ring (bicyclic) bond motifs is 1. The van der Waals surface area contributed by atoms with Crippen molar-refractivity contribution in [1.82, 2.24) is 0 Å². The van der Waals surface area contributed by atoms with Crippen molar-refractivity contribution in [1.29, 1.82) is 0 Å². The Morgan fingerprint density at radius 1 is 1.48 bits per heavy atom. The molecular formula is C15H19NO5. The fourth-order valence-corrected chi connectivity index (χ4v) is 2.35. The molecule has 6 nitrogen and oxygen atoms in total. The molecule has 114 valence electrons. The molecule has 0 saturated carbocycles. The first-order valence-electron chi connectivity index (χ1n) is 6.79. The van der Waals surface area contributed by atoms with Crippen LogP contribution in [-0.4, -0.2) is 43.7 Å². The summed E-state index contributed by atoms with van der Waals surface area (Å²) in [6.45, 7) is 3.74. The summed E-state index contributed by atoms with van der Waals surface area (Å²) in [6, 6.07) is 3.13. The van der Waals surface area contributed by atoms with Crippen molar-refractivity contribution < 1.29 is 24.2 Å². The molecule has 1 N–H and O–H groups in total. The minimum atomic E-state index is -0.639. The standard InChI is InChI=1S/C15H19NO5/c1-9(2)13-15(19)16(4-5-17)11-6-10(8-18)7-12(20-3)14(11)21-13/h6-9,13,17H,4-5H2,1-3H3. The number of hydrogen-bond acceptors (Lipinski definition) is 5. The minimum absolute atomic E-state index is 0.0257. The van der Waals surface area contributed by atoms with Gasteiger partial charge in [0.1, 0.15) is 6.29 Å². The second-order valence-electron chi connectivity index (χ2n) is 5.19. The maximum absolute atomic E-state index is 12.5. The Kier molecular flexibility index (Phi) is 4.47. The predicted molar refractivity (Wildman–Crippen MR) is 77.1 cm³/mol. The SMILES string of the molecule is COc1cc(C=O)cc2c1OC(C(C)C)C(=O)N2CCO. The van der Waals surface area contributed by atoms with Crippen LogP contribution in [-0.2, 0) is 4.79 Å². The van der Waals surface area contributed by atoms with Gasteiger partial charge in [-0.05, 0) is 18.1 Å². The van der Waals surface area contributed by atoms with Gasteiger partial charge in [-0.1, -0.05) is 13.8 Å². The number of methoxy groups -OCH3 is 1. The van der Waals surface area contributed by atoms with Crippen LogP contribution in [0.2, 0.25) is 0 Å². The third kappa shape index (κ3) is 2.71. The third-order valence-corrected chi connectivity index (χ3v) is 3.39. The van der Waals surface area contributed by atoms with E-state index in [9.17, 15) is 14.7 Å². The Labute approximate surface area is 123 Å². The Morgan fingerprint density at radius 2 is 2.19 bits per heavy atom. The Bertz CT molecular complexity index is 555. The molecule has 1 atom stereocenters. The van der Waals surface area contributed by atoms with Crippen LogP contribution in [0.5, 0.6) is 11.5 Å². The Morgan fingerprint density at radius 3 is 2.71 bits per heavy atom. The van der Waals surface area contributed by atoms with Gasteiger partial charge in [0, 0.05) is 12.1 Å². The predicted octanol–water partition coefficient (Wildman–Crippen LogP) is 1.25. The van der Waals surface area contributed by atoms with E-state index in [1.807, 2.05) is 13.8 Å². The van der Waals surface area contributed by atoms with Gasteiger partial charge in [-0.15, -0.1) is 0 Å². The molecule has 1 aliphatic rings. The van der Waals surface area contributed by atoms with Gasteiger partial charge in [0.05, 0.1) is 19.4 Å². The lowest BCUT2D eigenvalue weighted by Crippen LogP contribution is -2.49. The molecule has 0 saturated heterocycles. The van der Waals surface area contributed by atoms with Crippen LogP contribution in [0, 0.1) is 5.92 Å². The third-order valence-electron chi connectivity index (χ3n) is 3.39. The molecule has 0 radical (unpaired) electrons. The number of hydrogen-bond donors (Lipinski definition) is 1. The Balaban J connectivity index is 2.59. The average Bonchev–Trinajstić information content (AvgIpc) is 2.48.